The molecule has 2 N–H and O–H groups in total. The zero-order valence-corrected chi connectivity index (χ0v) is 13.7. The lowest BCUT2D eigenvalue weighted by Crippen LogP contribution is -2.53. The molecule has 0 spiro atoms. The number of benzene rings is 1. The highest BCUT2D eigenvalue weighted by Gasteiger charge is 2.37. The van der Waals surface area contributed by atoms with Crippen molar-refractivity contribution in [3.8, 4) is 0 Å². The van der Waals surface area contributed by atoms with Crippen molar-refractivity contribution in [3.05, 3.63) is 24.3 Å². The molecule has 2 saturated heterocycles. The van der Waals surface area contributed by atoms with Gasteiger partial charge in [0.25, 0.3) is 0 Å². The van der Waals surface area contributed by atoms with Gasteiger partial charge in [0.15, 0.2) is 0 Å². The third-order valence-electron chi connectivity index (χ3n) is 4.97. The van der Waals surface area contributed by atoms with Gasteiger partial charge < -0.3 is 15.5 Å². The summed E-state index contributed by atoms with van der Waals surface area (Å²) in [5.41, 5.74) is 2.12. The number of nitrogens with one attached hydrogen (secondary N) is 2. The maximum absolute atomic E-state index is 12.6. The summed E-state index contributed by atoms with van der Waals surface area (Å²) in [6.07, 6.45) is 4.75. The van der Waals surface area contributed by atoms with Crippen LogP contribution in [0.15, 0.2) is 24.3 Å². The minimum Gasteiger partial charge on any atom is -0.371 e. The molecule has 0 saturated carbocycles. The van der Waals surface area contributed by atoms with E-state index < -0.39 is 0 Å². The Morgan fingerprint density at radius 3 is 2.77 bits per heavy atom. The molecule has 2 fully saturated rings. The number of hydrogen-bond acceptors (Lipinski definition) is 3. The Morgan fingerprint density at radius 2 is 2.05 bits per heavy atom. The van der Waals surface area contributed by atoms with Crippen LogP contribution in [-0.2, 0) is 4.79 Å². The van der Waals surface area contributed by atoms with Crippen LogP contribution >= 0.6 is 0 Å². The van der Waals surface area contributed by atoms with Crippen LogP contribution < -0.4 is 15.5 Å². The maximum Gasteiger partial charge on any atom is 0.242 e. The molecule has 2 aliphatic rings. The predicted octanol–water partition coefficient (Wildman–Crippen LogP) is 3.00. The average molecular weight is 301 g/mol. The molecule has 0 radical (unpaired) electrons. The first-order valence-corrected chi connectivity index (χ1v) is 8.45. The van der Waals surface area contributed by atoms with E-state index in [2.05, 4.69) is 41.5 Å². The van der Waals surface area contributed by atoms with Crippen molar-refractivity contribution in [2.24, 2.45) is 5.41 Å². The van der Waals surface area contributed by atoms with Gasteiger partial charge in [-0.1, -0.05) is 19.9 Å². The zero-order chi connectivity index (χ0) is 15.6. The van der Waals surface area contributed by atoms with Crippen LogP contribution in [0.2, 0.25) is 0 Å². The summed E-state index contributed by atoms with van der Waals surface area (Å²) >= 11 is 0. The lowest BCUT2D eigenvalue weighted by molar-refractivity contribution is -0.121. The standard InChI is InChI=1S/C18H27N3O/c1-18(2)9-6-10-19-16(18)17(22)20-14-7-5-8-15(13-14)21-11-3-4-12-21/h5,7-8,13,16,19H,3-4,6,9-12H2,1-2H3,(H,20,22). The number of nitrogens with zero attached hydrogens (tertiary/aromatic N) is 1. The number of carbonyl (C=O) groups excluding carboxylic acids is 1. The number of carbonyl (C=O) groups is 1. The van der Waals surface area contributed by atoms with Gasteiger partial charge in [-0.3, -0.25) is 4.79 Å². The lowest BCUT2D eigenvalue weighted by Gasteiger charge is -2.38. The summed E-state index contributed by atoms with van der Waals surface area (Å²) in [4.78, 5) is 15.0. The second kappa shape index (κ2) is 6.29. The normalized spacial score (nSPS) is 24.3. The quantitative estimate of drug-likeness (QED) is 0.902. The molecular formula is C18H27N3O. The molecule has 1 aromatic rings. The summed E-state index contributed by atoms with van der Waals surface area (Å²) in [6, 6.07) is 8.12. The molecule has 1 amide bonds. The van der Waals surface area contributed by atoms with E-state index in [1.165, 1.54) is 18.5 Å². The Balaban J connectivity index is 1.69. The van der Waals surface area contributed by atoms with Gasteiger partial charge in [-0.25, -0.2) is 0 Å². The fraction of sp³-hybridized carbons (Fsp3) is 0.611. The van der Waals surface area contributed by atoms with Gasteiger partial charge in [-0.05, 0) is 55.8 Å². The second-order valence-electron chi connectivity index (χ2n) is 7.21. The number of piperidine rings is 1. The first-order valence-electron chi connectivity index (χ1n) is 8.45. The number of hydrogen-bond donors (Lipinski definition) is 2. The highest BCUT2D eigenvalue weighted by atomic mass is 16.2. The van der Waals surface area contributed by atoms with Gasteiger partial charge in [0.05, 0.1) is 6.04 Å². The molecule has 22 heavy (non-hydrogen) atoms. The first-order chi connectivity index (χ1) is 10.6. The molecule has 3 rings (SSSR count). The van der Waals surface area contributed by atoms with Crippen LogP contribution in [0.4, 0.5) is 11.4 Å². The molecule has 4 heteroatoms. The summed E-state index contributed by atoms with van der Waals surface area (Å²) in [7, 11) is 0. The van der Waals surface area contributed by atoms with E-state index in [-0.39, 0.29) is 17.4 Å². The average Bonchev–Trinajstić information content (AvgIpc) is 3.01. The molecule has 120 valence electrons. The lowest BCUT2D eigenvalue weighted by atomic mass is 9.77. The SMILES string of the molecule is CC1(C)CCCNC1C(=O)Nc1cccc(N2CCCC2)c1. The fourth-order valence-corrected chi connectivity index (χ4v) is 3.63. The molecule has 0 aliphatic carbocycles. The van der Waals surface area contributed by atoms with Crippen molar-refractivity contribution in [3.63, 3.8) is 0 Å². The molecule has 4 nitrogen and oxygen atoms in total. The van der Waals surface area contributed by atoms with Gasteiger partial charge in [-0.15, -0.1) is 0 Å². The van der Waals surface area contributed by atoms with Crippen LogP contribution in [0.1, 0.15) is 39.5 Å². The third kappa shape index (κ3) is 3.27. The molecule has 1 aromatic carbocycles. The highest BCUT2D eigenvalue weighted by Crippen LogP contribution is 2.31. The number of anilines is 2. The molecule has 2 aliphatic heterocycles. The van der Waals surface area contributed by atoms with E-state index in [0.717, 1.165) is 38.2 Å². The Morgan fingerprint density at radius 1 is 1.27 bits per heavy atom. The van der Waals surface area contributed by atoms with Crippen LogP contribution in [0, 0.1) is 5.41 Å². The largest absolute Gasteiger partial charge is 0.371 e. The molecule has 1 unspecified atom stereocenters. The molecule has 1 atom stereocenters. The highest BCUT2D eigenvalue weighted by molar-refractivity contribution is 5.95. The Labute approximate surface area is 133 Å². The van der Waals surface area contributed by atoms with Gasteiger partial charge in [0, 0.05) is 24.5 Å². The summed E-state index contributed by atoms with van der Waals surface area (Å²) in [5.74, 6) is 0.0864. The van der Waals surface area contributed by atoms with E-state index in [9.17, 15) is 4.79 Å². The number of amides is 1. The van der Waals surface area contributed by atoms with Gasteiger partial charge in [0.1, 0.15) is 0 Å². The molecule has 2 heterocycles. The second-order valence-corrected chi connectivity index (χ2v) is 7.21. The van der Waals surface area contributed by atoms with E-state index in [0.29, 0.717) is 0 Å². The molecule has 0 aromatic heterocycles. The van der Waals surface area contributed by atoms with E-state index in [1.807, 2.05) is 12.1 Å². The van der Waals surface area contributed by atoms with Crippen molar-refractivity contribution >= 4 is 17.3 Å². The van der Waals surface area contributed by atoms with Crippen LogP contribution in [0.3, 0.4) is 0 Å². The predicted molar refractivity (Wildman–Crippen MR) is 91.3 cm³/mol. The minimum absolute atomic E-state index is 0.00883. The van der Waals surface area contributed by atoms with E-state index in [1.54, 1.807) is 0 Å². The summed E-state index contributed by atoms with van der Waals surface area (Å²) < 4.78 is 0. The first kappa shape index (κ1) is 15.3. The molecular weight excluding hydrogens is 274 g/mol. The number of rotatable bonds is 3. The van der Waals surface area contributed by atoms with Gasteiger partial charge in [-0.2, -0.15) is 0 Å². The van der Waals surface area contributed by atoms with E-state index in [4.69, 9.17) is 0 Å². The van der Waals surface area contributed by atoms with E-state index >= 15 is 0 Å². The Kier molecular flexibility index (Phi) is 4.39. The monoisotopic (exact) mass is 301 g/mol. The van der Waals surface area contributed by atoms with Crippen LogP contribution in [0.5, 0.6) is 0 Å². The van der Waals surface area contributed by atoms with Crippen molar-refractivity contribution in [1.82, 2.24) is 5.32 Å². The van der Waals surface area contributed by atoms with Crippen molar-refractivity contribution in [2.45, 2.75) is 45.6 Å². The maximum atomic E-state index is 12.6. The van der Waals surface area contributed by atoms with Gasteiger partial charge in [0.2, 0.25) is 5.91 Å². The van der Waals surface area contributed by atoms with Crippen molar-refractivity contribution in [1.29, 1.82) is 0 Å². The zero-order valence-electron chi connectivity index (χ0n) is 13.7. The summed E-state index contributed by atoms with van der Waals surface area (Å²) in [6.45, 7) is 7.51. The summed E-state index contributed by atoms with van der Waals surface area (Å²) in [5, 5.41) is 6.48. The van der Waals surface area contributed by atoms with Gasteiger partial charge >= 0.3 is 0 Å². The van der Waals surface area contributed by atoms with Crippen LogP contribution in [0.25, 0.3) is 0 Å². The van der Waals surface area contributed by atoms with Crippen molar-refractivity contribution < 1.29 is 4.79 Å². The Bertz CT molecular complexity index is 535. The fourth-order valence-electron chi connectivity index (χ4n) is 3.63. The molecule has 0 bridgehead atoms. The topological polar surface area (TPSA) is 44.4 Å². The van der Waals surface area contributed by atoms with Crippen LogP contribution in [-0.4, -0.2) is 31.6 Å². The third-order valence-corrected chi connectivity index (χ3v) is 4.97. The minimum atomic E-state index is -0.114. The Hall–Kier alpha value is -1.55. The van der Waals surface area contributed by atoms with Crippen molar-refractivity contribution in [2.75, 3.05) is 29.9 Å². The smallest absolute Gasteiger partial charge is 0.242 e.